The summed E-state index contributed by atoms with van der Waals surface area (Å²) in [4.78, 5) is 9.98. The fourth-order valence-corrected chi connectivity index (χ4v) is 6.10. The molecule has 1 aliphatic heterocycles. The van der Waals surface area contributed by atoms with Crippen molar-refractivity contribution in [3.8, 4) is 61.9 Å². The van der Waals surface area contributed by atoms with E-state index >= 15 is 0 Å². The molecule has 0 radical (unpaired) electrons. The van der Waals surface area contributed by atoms with E-state index in [0.717, 1.165) is 61.7 Å². The molecule has 3 nitrogen and oxygen atoms in total. The lowest BCUT2D eigenvalue weighted by Crippen LogP contribution is -1.96. The zero-order valence-corrected chi connectivity index (χ0v) is 24.1. The van der Waals surface area contributed by atoms with Crippen molar-refractivity contribution in [2.24, 2.45) is 0 Å². The predicted molar refractivity (Wildman–Crippen MR) is 181 cm³/mol. The summed E-state index contributed by atoms with van der Waals surface area (Å²) in [6.45, 7) is 4.74. The number of nitrogens with zero attached hydrogens (tertiary/aromatic N) is 2. The lowest BCUT2D eigenvalue weighted by Gasteiger charge is -2.17. The minimum Gasteiger partial charge on any atom is -0.488 e. The fourth-order valence-electron chi connectivity index (χ4n) is 6.10. The summed E-state index contributed by atoms with van der Waals surface area (Å²) in [6, 6.07) is 50.6. The summed E-state index contributed by atoms with van der Waals surface area (Å²) in [5, 5.41) is 2.40. The number of aromatic nitrogens is 2. The van der Waals surface area contributed by atoms with Crippen molar-refractivity contribution in [2.75, 3.05) is 6.61 Å². The van der Waals surface area contributed by atoms with E-state index < -0.39 is 0 Å². The maximum Gasteiger partial charge on any atom is 0.160 e. The van der Waals surface area contributed by atoms with Crippen molar-refractivity contribution < 1.29 is 4.74 Å². The Labute approximate surface area is 256 Å². The minimum atomic E-state index is 0.527. The Bertz CT molecular complexity index is 2110. The van der Waals surface area contributed by atoms with E-state index in [1.807, 2.05) is 36.4 Å². The fraction of sp³-hybridized carbons (Fsp3) is 0.0244. The second kappa shape index (κ2) is 10.8. The third kappa shape index (κ3) is 4.56. The zero-order valence-electron chi connectivity index (χ0n) is 24.1. The highest BCUT2D eigenvalue weighted by atomic mass is 16.5. The molecule has 0 amide bonds. The molecule has 0 bridgehead atoms. The molecule has 0 atom stereocenters. The molecule has 3 heteroatoms. The van der Waals surface area contributed by atoms with Crippen molar-refractivity contribution in [1.82, 2.24) is 9.97 Å². The summed E-state index contributed by atoms with van der Waals surface area (Å²) >= 11 is 0. The average molecular weight is 565 g/mol. The normalized spacial score (nSPS) is 12.2. The van der Waals surface area contributed by atoms with Crippen LogP contribution in [0.25, 0.3) is 72.5 Å². The second-order valence-corrected chi connectivity index (χ2v) is 11.1. The highest BCUT2D eigenvalue weighted by Gasteiger charge is 2.23. The lowest BCUT2D eigenvalue weighted by molar-refractivity contribution is 0.390. The van der Waals surface area contributed by atoms with E-state index in [1.54, 1.807) is 0 Å². The van der Waals surface area contributed by atoms with Gasteiger partial charge in [-0.15, -0.1) is 0 Å². The highest BCUT2D eigenvalue weighted by Crippen LogP contribution is 2.46. The molecule has 0 spiro atoms. The van der Waals surface area contributed by atoms with E-state index in [4.69, 9.17) is 14.7 Å². The van der Waals surface area contributed by atoms with Crippen LogP contribution in [0.2, 0.25) is 0 Å². The molecule has 1 aromatic heterocycles. The minimum absolute atomic E-state index is 0.527. The maximum atomic E-state index is 6.16. The monoisotopic (exact) mass is 564 g/mol. The Balaban J connectivity index is 1.28. The number of para-hydroxylation sites is 1. The van der Waals surface area contributed by atoms with Crippen LogP contribution in [0.5, 0.6) is 5.75 Å². The van der Waals surface area contributed by atoms with Crippen molar-refractivity contribution in [3.05, 3.63) is 158 Å². The first kappa shape index (κ1) is 25.9. The van der Waals surface area contributed by atoms with E-state index in [-0.39, 0.29) is 0 Å². The Hall–Kier alpha value is -5.80. The van der Waals surface area contributed by atoms with Gasteiger partial charge >= 0.3 is 0 Å². The molecule has 6 aromatic carbocycles. The Morgan fingerprint density at radius 3 is 1.86 bits per heavy atom. The van der Waals surface area contributed by atoms with Gasteiger partial charge in [-0.2, -0.15) is 0 Å². The number of benzene rings is 6. The van der Waals surface area contributed by atoms with E-state index in [1.165, 1.54) is 16.3 Å². The third-order valence-corrected chi connectivity index (χ3v) is 8.30. The molecule has 7 aromatic rings. The molecule has 0 unspecified atom stereocenters. The van der Waals surface area contributed by atoms with Crippen LogP contribution in [-0.4, -0.2) is 16.6 Å². The molecule has 0 saturated heterocycles. The average Bonchev–Trinajstić information content (AvgIpc) is 3.49. The topological polar surface area (TPSA) is 35.0 Å². The van der Waals surface area contributed by atoms with Crippen molar-refractivity contribution in [3.63, 3.8) is 0 Å². The van der Waals surface area contributed by atoms with Gasteiger partial charge < -0.3 is 4.74 Å². The molecule has 0 saturated carbocycles. The van der Waals surface area contributed by atoms with Gasteiger partial charge in [0.15, 0.2) is 5.82 Å². The molecule has 2 heterocycles. The Kier molecular flexibility index (Phi) is 6.35. The Morgan fingerprint density at radius 1 is 0.500 bits per heavy atom. The van der Waals surface area contributed by atoms with Crippen molar-refractivity contribution >= 4 is 16.3 Å². The standard InChI is InChI=1S/C41H28N2O/c1-27-26-44-40-33(27)17-10-18-36(40)35-24-23-28-11-8-9-16-34(28)39(35)31-21-19-30(20-22-31)38-25-37(29-12-4-2-5-13-29)42-41(43-38)32-14-6-3-7-15-32/h2-25H,1,26H2. The lowest BCUT2D eigenvalue weighted by atomic mass is 9.88. The van der Waals surface area contributed by atoms with Crippen LogP contribution >= 0.6 is 0 Å². The van der Waals surface area contributed by atoms with Gasteiger partial charge in [0.2, 0.25) is 0 Å². The molecule has 44 heavy (non-hydrogen) atoms. The van der Waals surface area contributed by atoms with Crippen LogP contribution in [0.1, 0.15) is 5.56 Å². The van der Waals surface area contributed by atoms with E-state index in [9.17, 15) is 0 Å². The van der Waals surface area contributed by atoms with Crippen LogP contribution < -0.4 is 4.74 Å². The van der Waals surface area contributed by atoms with E-state index in [2.05, 4.69) is 116 Å². The zero-order chi connectivity index (χ0) is 29.5. The summed E-state index contributed by atoms with van der Waals surface area (Å²) in [7, 11) is 0. The molecule has 0 aliphatic carbocycles. The van der Waals surface area contributed by atoms with Gasteiger partial charge in [0.05, 0.1) is 11.4 Å². The summed E-state index contributed by atoms with van der Waals surface area (Å²) in [6.07, 6.45) is 0. The van der Waals surface area contributed by atoms with Gasteiger partial charge in [0.25, 0.3) is 0 Å². The van der Waals surface area contributed by atoms with Crippen LogP contribution in [0.15, 0.2) is 152 Å². The summed E-state index contributed by atoms with van der Waals surface area (Å²) in [5.41, 5.74) is 11.5. The SMILES string of the molecule is C=C1COc2c1cccc2-c1ccc2ccccc2c1-c1ccc(-c2cc(-c3ccccc3)nc(-c3ccccc3)n2)cc1. The van der Waals surface area contributed by atoms with Crippen LogP contribution in [0.4, 0.5) is 0 Å². The van der Waals surface area contributed by atoms with Crippen molar-refractivity contribution in [2.45, 2.75) is 0 Å². The van der Waals surface area contributed by atoms with Gasteiger partial charge in [0, 0.05) is 27.8 Å². The summed E-state index contributed by atoms with van der Waals surface area (Å²) < 4.78 is 6.16. The number of fused-ring (bicyclic) bond motifs is 2. The van der Waals surface area contributed by atoms with Gasteiger partial charge in [-0.3, -0.25) is 0 Å². The van der Waals surface area contributed by atoms with Crippen molar-refractivity contribution in [1.29, 1.82) is 0 Å². The first-order valence-corrected chi connectivity index (χ1v) is 14.8. The third-order valence-electron chi connectivity index (χ3n) is 8.30. The largest absolute Gasteiger partial charge is 0.488 e. The first-order valence-electron chi connectivity index (χ1n) is 14.8. The van der Waals surface area contributed by atoms with Gasteiger partial charge in [-0.1, -0.05) is 146 Å². The molecule has 208 valence electrons. The molecular formula is C41H28N2O. The quantitative estimate of drug-likeness (QED) is 0.209. The molecule has 8 rings (SSSR count). The van der Waals surface area contributed by atoms with Gasteiger partial charge in [-0.05, 0) is 39.1 Å². The highest BCUT2D eigenvalue weighted by molar-refractivity contribution is 6.05. The molecule has 0 fully saturated rings. The first-order chi connectivity index (χ1) is 21.7. The molecule has 0 N–H and O–H groups in total. The number of hydrogen-bond acceptors (Lipinski definition) is 3. The Morgan fingerprint density at radius 2 is 1.11 bits per heavy atom. The van der Waals surface area contributed by atoms with E-state index in [0.29, 0.717) is 12.4 Å². The molecular weight excluding hydrogens is 536 g/mol. The number of ether oxygens (including phenoxy) is 1. The predicted octanol–water partition coefficient (Wildman–Crippen LogP) is 10.4. The van der Waals surface area contributed by atoms with Gasteiger partial charge in [-0.25, -0.2) is 9.97 Å². The van der Waals surface area contributed by atoms with Crippen LogP contribution in [0.3, 0.4) is 0 Å². The smallest absolute Gasteiger partial charge is 0.160 e. The van der Waals surface area contributed by atoms with Crippen LogP contribution in [0, 0.1) is 0 Å². The summed E-state index contributed by atoms with van der Waals surface area (Å²) in [5.74, 6) is 1.62. The second-order valence-electron chi connectivity index (χ2n) is 11.1. The van der Waals surface area contributed by atoms with Gasteiger partial charge in [0.1, 0.15) is 12.4 Å². The number of hydrogen-bond donors (Lipinski definition) is 0. The maximum absolute atomic E-state index is 6.16. The molecule has 1 aliphatic rings. The number of rotatable bonds is 5. The van der Waals surface area contributed by atoms with Crippen LogP contribution in [-0.2, 0) is 0 Å².